The standard InChI is InChI=1S/C13H23BrN4/c1-3-4-9-5-7-10(8-6-9)11(15)12-13(14)16-17-18(12)2/h9-11H,3-8,15H2,1-2H3. The zero-order chi connectivity index (χ0) is 13.1. The van der Waals surface area contributed by atoms with Gasteiger partial charge in [0.05, 0.1) is 11.7 Å². The van der Waals surface area contributed by atoms with Crippen molar-refractivity contribution in [2.45, 2.75) is 51.5 Å². The van der Waals surface area contributed by atoms with Gasteiger partial charge in [0, 0.05) is 7.05 Å². The number of rotatable bonds is 4. The molecule has 5 heteroatoms. The van der Waals surface area contributed by atoms with Gasteiger partial charge in [-0.2, -0.15) is 0 Å². The summed E-state index contributed by atoms with van der Waals surface area (Å²) in [7, 11) is 1.91. The predicted octanol–water partition coefficient (Wildman–Crippen LogP) is 3.18. The molecule has 0 saturated heterocycles. The SMILES string of the molecule is CCCC1CCC(C(N)c2c(Br)nnn2C)CC1. The van der Waals surface area contributed by atoms with Crippen LogP contribution in [0.5, 0.6) is 0 Å². The molecule has 1 atom stereocenters. The molecule has 0 amide bonds. The molecule has 1 aromatic heterocycles. The van der Waals surface area contributed by atoms with E-state index in [-0.39, 0.29) is 6.04 Å². The maximum atomic E-state index is 6.40. The first kappa shape index (κ1) is 14.0. The maximum absolute atomic E-state index is 6.40. The number of hydrogen-bond donors (Lipinski definition) is 1. The van der Waals surface area contributed by atoms with Gasteiger partial charge in [-0.15, -0.1) is 5.10 Å². The first-order valence-corrected chi connectivity index (χ1v) is 7.73. The van der Waals surface area contributed by atoms with Crippen molar-refractivity contribution in [3.63, 3.8) is 0 Å². The molecule has 1 fully saturated rings. The van der Waals surface area contributed by atoms with Crippen molar-refractivity contribution in [1.82, 2.24) is 15.0 Å². The molecule has 1 aliphatic carbocycles. The molecular formula is C13H23BrN4. The zero-order valence-corrected chi connectivity index (χ0v) is 12.9. The minimum Gasteiger partial charge on any atom is -0.322 e. The van der Waals surface area contributed by atoms with Crippen LogP contribution in [0, 0.1) is 11.8 Å². The molecule has 4 nitrogen and oxygen atoms in total. The van der Waals surface area contributed by atoms with Crippen LogP contribution in [-0.2, 0) is 7.05 Å². The molecule has 2 N–H and O–H groups in total. The van der Waals surface area contributed by atoms with Crippen molar-refractivity contribution < 1.29 is 0 Å². The average molecular weight is 315 g/mol. The Kier molecular flexibility index (Phi) is 4.78. The first-order chi connectivity index (χ1) is 8.63. The van der Waals surface area contributed by atoms with E-state index in [2.05, 4.69) is 33.2 Å². The highest BCUT2D eigenvalue weighted by Crippen LogP contribution is 2.38. The van der Waals surface area contributed by atoms with Crippen LogP contribution in [0.1, 0.15) is 57.2 Å². The van der Waals surface area contributed by atoms with Crippen molar-refractivity contribution >= 4 is 15.9 Å². The highest BCUT2D eigenvalue weighted by Gasteiger charge is 2.29. The number of hydrogen-bond acceptors (Lipinski definition) is 3. The summed E-state index contributed by atoms with van der Waals surface area (Å²) in [5.74, 6) is 1.50. The van der Waals surface area contributed by atoms with Gasteiger partial charge < -0.3 is 5.73 Å². The third kappa shape index (κ3) is 2.94. The van der Waals surface area contributed by atoms with E-state index in [9.17, 15) is 0 Å². The second kappa shape index (κ2) is 6.15. The molecule has 0 bridgehead atoms. The van der Waals surface area contributed by atoms with Gasteiger partial charge in [0.1, 0.15) is 0 Å². The van der Waals surface area contributed by atoms with Crippen molar-refractivity contribution in [2.75, 3.05) is 0 Å². The molecule has 18 heavy (non-hydrogen) atoms. The van der Waals surface area contributed by atoms with Gasteiger partial charge in [0.2, 0.25) is 0 Å². The molecule has 102 valence electrons. The summed E-state index contributed by atoms with van der Waals surface area (Å²) >= 11 is 3.45. The topological polar surface area (TPSA) is 56.7 Å². The smallest absolute Gasteiger partial charge is 0.153 e. The molecule has 0 aliphatic heterocycles. The molecule has 1 aliphatic rings. The molecule has 2 rings (SSSR count). The summed E-state index contributed by atoms with van der Waals surface area (Å²) in [5, 5.41) is 8.04. The van der Waals surface area contributed by atoms with Crippen LogP contribution < -0.4 is 5.73 Å². The van der Waals surface area contributed by atoms with E-state index < -0.39 is 0 Å². The number of nitrogens with zero attached hydrogens (tertiary/aromatic N) is 3. The largest absolute Gasteiger partial charge is 0.322 e. The molecule has 0 spiro atoms. The fraction of sp³-hybridized carbons (Fsp3) is 0.846. The van der Waals surface area contributed by atoms with Gasteiger partial charge in [0.15, 0.2) is 4.60 Å². The molecular weight excluding hydrogens is 292 g/mol. The first-order valence-electron chi connectivity index (χ1n) is 6.94. The van der Waals surface area contributed by atoms with E-state index in [1.165, 1.54) is 38.5 Å². The summed E-state index contributed by atoms with van der Waals surface area (Å²) in [6.45, 7) is 2.27. The van der Waals surface area contributed by atoms with Crippen LogP contribution in [0.25, 0.3) is 0 Å². The Labute approximate surface area is 117 Å². The Morgan fingerprint density at radius 2 is 2.06 bits per heavy atom. The highest BCUT2D eigenvalue weighted by atomic mass is 79.9. The van der Waals surface area contributed by atoms with Crippen LogP contribution in [-0.4, -0.2) is 15.0 Å². The Balaban J connectivity index is 1.97. The van der Waals surface area contributed by atoms with Crippen molar-refractivity contribution in [1.29, 1.82) is 0 Å². The number of aromatic nitrogens is 3. The second-order valence-electron chi connectivity index (χ2n) is 5.48. The average Bonchev–Trinajstić information content (AvgIpc) is 2.70. The predicted molar refractivity (Wildman–Crippen MR) is 76.0 cm³/mol. The minimum atomic E-state index is 0.0574. The Hall–Kier alpha value is -0.420. The van der Waals surface area contributed by atoms with Crippen molar-refractivity contribution in [2.24, 2.45) is 24.6 Å². The molecule has 0 aromatic carbocycles. The van der Waals surface area contributed by atoms with Gasteiger partial charge >= 0.3 is 0 Å². The normalized spacial score (nSPS) is 26.2. The summed E-state index contributed by atoms with van der Waals surface area (Å²) < 4.78 is 2.60. The van der Waals surface area contributed by atoms with Crippen LogP contribution in [0.2, 0.25) is 0 Å². The lowest BCUT2D eigenvalue weighted by Crippen LogP contribution is -2.28. The summed E-state index contributed by atoms with van der Waals surface area (Å²) in [5.41, 5.74) is 7.44. The Morgan fingerprint density at radius 3 is 2.56 bits per heavy atom. The lowest BCUT2D eigenvalue weighted by Gasteiger charge is -2.32. The van der Waals surface area contributed by atoms with E-state index in [1.807, 2.05) is 7.05 Å². The molecule has 0 radical (unpaired) electrons. The van der Waals surface area contributed by atoms with Crippen LogP contribution in [0.4, 0.5) is 0 Å². The summed E-state index contributed by atoms with van der Waals surface area (Å²) in [6.07, 6.45) is 7.81. The lowest BCUT2D eigenvalue weighted by atomic mass is 9.76. The fourth-order valence-corrected chi connectivity index (χ4v) is 3.75. The zero-order valence-electron chi connectivity index (χ0n) is 11.3. The van der Waals surface area contributed by atoms with E-state index in [0.717, 1.165) is 16.2 Å². The van der Waals surface area contributed by atoms with Gasteiger partial charge in [-0.3, -0.25) is 0 Å². The van der Waals surface area contributed by atoms with Crippen LogP contribution in [0.15, 0.2) is 4.60 Å². The van der Waals surface area contributed by atoms with E-state index >= 15 is 0 Å². The molecule has 1 saturated carbocycles. The van der Waals surface area contributed by atoms with Gasteiger partial charge in [0.25, 0.3) is 0 Å². The lowest BCUT2D eigenvalue weighted by molar-refractivity contribution is 0.230. The fourth-order valence-electron chi connectivity index (χ4n) is 3.16. The van der Waals surface area contributed by atoms with Crippen molar-refractivity contribution in [3.8, 4) is 0 Å². The molecule has 1 unspecified atom stereocenters. The van der Waals surface area contributed by atoms with Gasteiger partial charge in [-0.05, 0) is 40.6 Å². The Morgan fingerprint density at radius 1 is 1.39 bits per heavy atom. The van der Waals surface area contributed by atoms with E-state index in [1.54, 1.807) is 4.68 Å². The number of halogens is 1. The monoisotopic (exact) mass is 314 g/mol. The Bertz CT molecular complexity index is 363. The summed E-state index contributed by atoms with van der Waals surface area (Å²) in [4.78, 5) is 0. The van der Waals surface area contributed by atoms with E-state index in [0.29, 0.717) is 5.92 Å². The molecule has 1 aromatic rings. The van der Waals surface area contributed by atoms with Crippen molar-refractivity contribution in [3.05, 3.63) is 10.3 Å². The summed E-state index contributed by atoms with van der Waals surface area (Å²) in [6, 6.07) is 0.0574. The van der Waals surface area contributed by atoms with E-state index in [4.69, 9.17) is 5.73 Å². The number of aryl methyl sites for hydroxylation is 1. The second-order valence-corrected chi connectivity index (χ2v) is 6.24. The maximum Gasteiger partial charge on any atom is 0.153 e. The van der Waals surface area contributed by atoms with Gasteiger partial charge in [-0.25, -0.2) is 4.68 Å². The van der Waals surface area contributed by atoms with Crippen LogP contribution in [0.3, 0.4) is 0 Å². The third-order valence-electron chi connectivity index (χ3n) is 4.24. The number of nitrogens with two attached hydrogens (primary N) is 1. The third-order valence-corrected chi connectivity index (χ3v) is 4.80. The minimum absolute atomic E-state index is 0.0574. The van der Waals surface area contributed by atoms with Crippen LogP contribution >= 0.6 is 15.9 Å². The quantitative estimate of drug-likeness (QED) is 0.928. The molecule has 1 heterocycles. The highest BCUT2D eigenvalue weighted by molar-refractivity contribution is 9.10. The van der Waals surface area contributed by atoms with Gasteiger partial charge in [-0.1, -0.05) is 37.8 Å².